The molecule has 1 atom stereocenters. The SMILES string of the molecule is Cc1cccc([C@H](C(=O)NCc2[nH]cc(C)c(=O)c2C)N(C)C)c1. The van der Waals surface area contributed by atoms with E-state index >= 15 is 0 Å². The Morgan fingerprint density at radius 2 is 1.96 bits per heavy atom. The van der Waals surface area contributed by atoms with Crippen molar-refractivity contribution in [2.24, 2.45) is 0 Å². The maximum absolute atomic E-state index is 12.7. The zero-order chi connectivity index (χ0) is 17.9. The number of aryl methyl sites for hydroxylation is 2. The van der Waals surface area contributed by atoms with E-state index in [4.69, 9.17) is 0 Å². The predicted octanol–water partition coefficient (Wildman–Crippen LogP) is 2.22. The van der Waals surface area contributed by atoms with Gasteiger partial charge in [-0.1, -0.05) is 29.8 Å². The molecule has 0 aliphatic heterocycles. The Labute approximate surface area is 142 Å². The lowest BCUT2D eigenvalue weighted by atomic mass is 10.0. The number of carbonyl (C=O) groups excluding carboxylic acids is 1. The van der Waals surface area contributed by atoms with E-state index in [1.54, 1.807) is 20.0 Å². The normalized spacial score (nSPS) is 12.2. The highest BCUT2D eigenvalue weighted by atomic mass is 16.2. The van der Waals surface area contributed by atoms with Gasteiger partial charge in [-0.25, -0.2) is 0 Å². The van der Waals surface area contributed by atoms with Gasteiger partial charge in [0.1, 0.15) is 6.04 Å². The van der Waals surface area contributed by atoms with Gasteiger partial charge in [-0.2, -0.15) is 0 Å². The Kier molecular flexibility index (Phi) is 5.57. The molecule has 0 radical (unpaired) electrons. The van der Waals surface area contributed by atoms with Crippen LogP contribution in [0.5, 0.6) is 0 Å². The highest BCUT2D eigenvalue weighted by molar-refractivity contribution is 5.83. The third kappa shape index (κ3) is 3.92. The maximum atomic E-state index is 12.7. The number of H-pyrrole nitrogens is 1. The van der Waals surface area contributed by atoms with Gasteiger partial charge in [0, 0.05) is 23.0 Å². The molecule has 0 unspecified atom stereocenters. The topological polar surface area (TPSA) is 65.2 Å². The van der Waals surface area contributed by atoms with Crippen molar-refractivity contribution in [1.29, 1.82) is 0 Å². The number of nitrogens with zero attached hydrogens (tertiary/aromatic N) is 1. The molecular formula is C19H25N3O2. The number of rotatable bonds is 5. The summed E-state index contributed by atoms with van der Waals surface area (Å²) in [5.74, 6) is -0.0913. The average molecular weight is 327 g/mol. The van der Waals surface area contributed by atoms with Crippen LogP contribution in [0.25, 0.3) is 0 Å². The molecule has 2 rings (SSSR count). The van der Waals surface area contributed by atoms with E-state index in [0.717, 1.165) is 16.8 Å². The number of hydrogen-bond donors (Lipinski definition) is 2. The molecule has 0 bridgehead atoms. The van der Waals surface area contributed by atoms with Crippen LogP contribution in [0.15, 0.2) is 35.3 Å². The molecule has 1 heterocycles. The number of aromatic amines is 1. The van der Waals surface area contributed by atoms with Crippen LogP contribution in [0.1, 0.15) is 34.0 Å². The van der Waals surface area contributed by atoms with E-state index in [2.05, 4.69) is 10.3 Å². The molecule has 1 aromatic carbocycles. The lowest BCUT2D eigenvalue weighted by Gasteiger charge is -2.24. The first-order valence-electron chi connectivity index (χ1n) is 7.99. The first-order chi connectivity index (χ1) is 11.3. The second-order valence-electron chi connectivity index (χ2n) is 6.40. The minimum absolute atomic E-state index is 0.0147. The number of carbonyl (C=O) groups is 1. The Bertz CT molecular complexity index is 793. The second kappa shape index (κ2) is 7.45. The average Bonchev–Trinajstić information content (AvgIpc) is 2.52. The number of pyridine rings is 1. The molecule has 0 aliphatic rings. The fourth-order valence-corrected chi connectivity index (χ4v) is 2.78. The van der Waals surface area contributed by atoms with Crippen LogP contribution in [0.3, 0.4) is 0 Å². The molecule has 2 N–H and O–H groups in total. The molecule has 1 amide bonds. The molecule has 2 aromatic rings. The lowest BCUT2D eigenvalue weighted by Crippen LogP contribution is -2.37. The highest BCUT2D eigenvalue weighted by Crippen LogP contribution is 2.19. The zero-order valence-corrected chi connectivity index (χ0v) is 14.9. The van der Waals surface area contributed by atoms with Gasteiger partial charge >= 0.3 is 0 Å². The van der Waals surface area contributed by atoms with Gasteiger partial charge in [0.05, 0.1) is 6.54 Å². The van der Waals surface area contributed by atoms with Crippen molar-refractivity contribution in [1.82, 2.24) is 15.2 Å². The Morgan fingerprint density at radius 3 is 2.58 bits per heavy atom. The smallest absolute Gasteiger partial charge is 0.242 e. The quantitative estimate of drug-likeness (QED) is 0.885. The summed E-state index contributed by atoms with van der Waals surface area (Å²) < 4.78 is 0. The van der Waals surface area contributed by atoms with Crippen molar-refractivity contribution in [3.63, 3.8) is 0 Å². The van der Waals surface area contributed by atoms with Crippen molar-refractivity contribution in [2.75, 3.05) is 14.1 Å². The second-order valence-corrected chi connectivity index (χ2v) is 6.40. The van der Waals surface area contributed by atoms with Crippen LogP contribution in [-0.4, -0.2) is 29.9 Å². The van der Waals surface area contributed by atoms with E-state index < -0.39 is 0 Å². The number of likely N-dealkylation sites (N-methyl/N-ethyl adjacent to an activating group) is 1. The van der Waals surface area contributed by atoms with E-state index in [-0.39, 0.29) is 17.4 Å². The summed E-state index contributed by atoms with van der Waals surface area (Å²) in [5, 5.41) is 2.94. The van der Waals surface area contributed by atoms with Crippen molar-refractivity contribution in [3.8, 4) is 0 Å². The Hall–Kier alpha value is -2.40. The van der Waals surface area contributed by atoms with E-state index in [0.29, 0.717) is 17.7 Å². The molecule has 5 heteroatoms. The first-order valence-corrected chi connectivity index (χ1v) is 7.99. The van der Waals surface area contributed by atoms with Gasteiger partial charge < -0.3 is 10.3 Å². The molecule has 0 spiro atoms. The van der Waals surface area contributed by atoms with Crippen LogP contribution in [0.2, 0.25) is 0 Å². The van der Waals surface area contributed by atoms with Gasteiger partial charge in [-0.05, 0) is 40.4 Å². The molecule has 5 nitrogen and oxygen atoms in total. The predicted molar refractivity (Wildman–Crippen MR) is 96.0 cm³/mol. The van der Waals surface area contributed by atoms with Crippen molar-refractivity contribution < 1.29 is 4.79 Å². The minimum Gasteiger partial charge on any atom is -0.363 e. The Balaban J connectivity index is 2.18. The fourth-order valence-electron chi connectivity index (χ4n) is 2.78. The van der Waals surface area contributed by atoms with Crippen molar-refractivity contribution in [3.05, 3.63) is 68.6 Å². The number of hydrogen-bond acceptors (Lipinski definition) is 3. The molecule has 128 valence electrons. The molecule has 24 heavy (non-hydrogen) atoms. The molecule has 1 aromatic heterocycles. The minimum atomic E-state index is -0.373. The lowest BCUT2D eigenvalue weighted by molar-refractivity contribution is -0.126. The maximum Gasteiger partial charge on any atom is 0.242 e. The zero-order valence-electron chi connectivity index (χ0n) is 14.9. The Morgan fingerprint density at radius 1 is 1.25 bits per heavy atom. The summed E-state index contributed by atoms with van der Waals surface area (Å²) in [6.45, 7) is 5.86. The third-order valence-electron chi connectivity index (χ3n) is 4.18. The van der Waals surface area contributed by atoms with E-state index in [9.17, 15) is 9.59 Å². The summed E-state index contributed by atoms with van der Waals surface area (Å²) in [7, 11) is 3.76. The van der Waals surface area contributed by atoms with Gasteiger partial charge in [-0.3, -0.25) is 14.5 Å². The standard InChI is InChI=1S/C19H25N3O2/c1-12-7-6-8-15(9-12)17(22(4)5)19(24)21-11-16-14(3)18(23)13(2)10-20-16/h6-10,17H,11H2,1-5H3,(H,20,23)(H,21,24)/t17-/m1/s1. The van der Waals surface area contributed by atoms with Gasteiger partial charge in [0.25, 0.3) is 0 Å². The van der Waals surface area contributed by atoms with Crippen LogP contribution in [0.4, 0.5) is 0 Å². The molecule has 0 fully saturated rings. The van der Waals surface area contributed by atoms with Crippen molar-refractivity contribution in [2.45, 2.75) is 33.4 Å². The summed E-state index contributed by atoms with van der Waals surface area (Å²) >= 11 is 0. The summed E-state index contributed by atoms with van der Waals surface area (Å²) in [4.78, 5) is 29.7. The molecule has 0 saturated carbocycles. The number of nitrogens with one attached hydrogen (secondary N) is 2. The highest BCUT2D eigenvalue weighted by Gasteiger charge is 2.23. The summed E-state index contributed by atoms with van der Waals surface area (Å²) in [6.07, 6.45) is 1.68. The van der Waals surface area contributed by atoms with E-state index in [1.807, 2.05) is 50.2 Å². The molecular weight excluding hydrogens is 302 g/mol. The van der Waals surface area contributed by atoms with Gasteiger partial charge in [0.15, 0.2) is 5.43 Å². The van der Waals surface area contributed by atoms with Gasteiger partial charge in [-0.15, -0.1) is 0 Å². The molecule has 0 aliphatic carbocycles. The van der Waals surface area contributed by atoms with Crippen LogP contribution in [0, 0.1) is 20.8 Å². The monoisotopic (exact) mass is 327 g/mol. The van der Waals surface area contributed by atoms with Crippen molar-refractivity contribution >= 4 is 5.91 Å². The van der Waals surface area contributed by atoms with Crippen LogP contribution < -0.4 is 10.7 Å². The summed E-state index contributed by atoms with van der Waals surface area (Å²) in [6, 6.07) is 7.56. The molecule has 0 saturated heterocycles. The van der Waals surface area contributed by atoms with E-state index in [1.165, 1.54) is 0 Å². The van der Waals surface area contributed by atoms with Gasteiger partial charge in [0.2, 0.25) is 5.91 Å². The van der Waals surface area contributed by atoms with Crippen LogP contribution in [-0.2, 0) is 11.3 Å². The largest absolute Gasteiger partial charge is 0.363 e. The number of benzene rings is 1. The van der Waals surface area contributed by atoms with Crippen LogP contribution >= 0.6 is 0 Å². The summed E-state index contributed by atoms with van der Waals surface area (Å²) in [5.41, 5.74) is 4.14. The number of amides is 1. The third-order valence-corrected chi connectivity index (χ3v) is 4.18. The number of aromatic nitrogens is 1. The first kappa shape index (κ1) is 17.9. The fraction of sp³-hybridized carbons (Fsp3) is 0.368.